The van der Waals surface area contributed by atoms with Crippen LogP contribution >= 0.6 is 12.4 Å². The Morgan fingerprint density at radius 3 is 2.53 bits per heavy atom. The molecule has 0 heterocycles. The normalized spacial score (nSPS) is 11.2. The number of rotatable bonds is 6. The average molecular weight is 290 g/mol. The Bertz CT molecular complexity index is 412. The molecular weight excluding hydrogens is 270 g/mol. The maximum absolute atomic E-state index is 11.4. The van der Waals surface area contributed by atoms with Crippen molar-refractivity contribution in [2.24, 2.45) is 5.73 Å². The van der Waals surface area contributed by atoms with Gasteiger partial charge in [0.05, 0.1) is 27.2 Å². The third kappa shape index (κ3) is 4.61. The van der Waals surface area contributed by atoms with E-state index in [4.69, 9.17) is 19.9 Å². The van der Waals surface area contributed by atoms with Crippen molar-refractivity contribution in [2.45, 2.75) is 19.4 Å². The van der Waals surface area contributed by atoms with E-state index >= 15 is 0 Å². The number of hydrogen-bond acceptors (Lipinski definition) is 5. The molecule has 108 valence electrons. The Kier molecular flexibility index (Phi) is 7.95. The SMILES string of the molecule is CCOC(=O)C[C@H](N)c1cccc(OC)c1OC.Cl. The molecule has 19 heavy (non-hydrogen) atoms. The standard InChI is InChI=1S/C13H19NO4.ClH/c1-4-18-12(15)8-10(14)9-6-5-7-11(16-2)13(9)17-3;/h5-7,10H,4,8,14H2,1-3H3;1H/t10-;/m0./s1. The van der Waals surface area contributed by atoms with Gasteiger partial charge in [-0.3, -0.25) is 4.79 Å². The molecule has 0 unspecified atom stereocenters. The van der Waals surface area contributed by atoms with Crippen molar-refractivity contribution in [3.05, 3.63) is 23.8 Å². The van der Waals surface area contributed by atoms with E-state index in [1.54, 1.807) is 27.2 Å². The highest BCUT2D eigenvalue weighted by Gasteiger charge is 2.18. The zero-order valence-electron chi connectivity index (χ0n) is 11.3. The van der Waals surface area contributed by atoms with Crippen LogP contribution in [0.1, 0.15) is 24.9 Å². The first kappa shape index (κ1) is 17.5. The van der Waals surface area contributed by atoms with E-state index in [0.29, 0.717) is 18.1 Å². The highest BCUT2D eigenvalue weighted by Crippen LogP contribution is 2.34. The second-order valence-corrected chi connectivity index (χ2v) is 3.70. The summed E-state index contributed by atoms with van der Waals surface area (Å²) in [7, 11) is 3.09. The summed E-state index contributed by atoms with van der Waals surface area (Å²) in [6, 6.07) is 4.92. The minimum absolute atomic E-state index is 0. The molecular formula is C13H20ClNO4. The summed E-state index contributed by atoms with van der Waals surface area (Å²) < 4.78 is 15.3. The lowest BCUT2D eigenvalue weighted by Crippen LogP contribution is -2.18. The van der Waals surface area contributed by atoms with Gasteiger partial charge >= 0.3 is 5.97 Å². The van der Waals surface area contributed by atoms with E-state index in [0.717, 1.165) is 5.56 Å². The lowest BCUT2D eigenvalue weighted by molar-refractivity contribution is -0.143. The fourth-order valence-corrected chi connectivity index (χ4v) is 1.71. The summed E-state index contributed by atoms with van der Waals surface area (Å²) in [6.45, 7) is 2.11. The molecule has 5 nitrogen and oxygen atoms in total. The monoisotopic (exact) mass is 289 g/mol. The number of esters is 1. The minimum atomic E-state index is -0.478. The topological polar surface area (TPSA) is 70.8 Å². The molecule has 6 heteroatoms. The average Bonchev–Trinajstić information content (AvgIpc) is 2.37. The Hall–Kier alpha value is -1.46. The summed E-state index contributed by atoms with van der Waals surface area (Å²) >= 11 is 0. The molecule has 0 radical (unpaired) electrons. The zero-order chi connectivity index (χ0) is 13.5. The van der Waals surface area contributed by atoms with Gasteiger partial charge in [-0.2, -0.15) is 0 Å². The number of ether oxygens (including phenoxy) is 3. The number of carbonyl (C=O) groups is 1. The third-order valence-electron chi connectivity index (χ3n) is 2.52. The summed E-state index contributed by atoms with van der Waals surface area (Å²) in [4.78, 5) is 11.4. The quantitative estimate of drug-likeness (QED) is 0.812. The van der Waals surface area contributed by atoms with Gasteiger partial charge in [-0.15, -0.1) is 12.4 Å². The van der Waals surface area contributed by atoms with Crippen LogP contribution in [0.2, 0.25) is 0 Å². The molecule has 0 spiro atoms. The molecule has 0 aliphatic carbocycles. The Labute approximate surface area is 119 Å². The molecule has 0 fully saturated rings. The third-order valence-corrected chi connectivity index (χ3v) is 2.52. The number of para-hydroxylation sites is 1. The van der Waals surface area contributed by atoms with Crippen molar-refractivity contribution in [2.75, 3.05) is 20.8 Å². The number of halogens is 1. The van der Waals surface area contributed by atoms with Gasteiger partial charge < -0.3 is 19.9 Å². The van der Waals surface area contributed by atoms with Gasteiger partial charge in [-0.1, -0.05) is 12.1 Å². The van der Waals surface area contributed by atoms with E-state index in [-0.39, 0.29) is 24.8 Å². The Morgan fingerprint density at radius 2 is 2.00 bits per heavy atom. The van der Waals surface area contributed by atoms with Crippen LogP contribution in [0.3, 0.4) is 0 Å². The molecule has 0 bridgehead atoms. The molecule has 1 aromatic carbocycles. The number of nitrogens with two attached hydrogens (primary N) is 1. The van der Waals surface area contributed by atoms with E-state index in [1.807, 2.05) is 12.1 Å². The molecule has 0 aliphatic heterocycles. The lowest BCUT2D eigenvalue weighted by Gasteiger charge is -2.17. The van der Waals surface area contributed by atoms with Gasteiger partial charge in [0, 0.05) is 11.6 Å². The predicted molar refractivity (Wildman–Crippen MR) is 75.0 cm³/mol. The maximum Gasteiger partial charge on any atom is 0.307 e. The molecule has 1 aromatic rings. The van der Waals surface area contributed by atoms with E-state index in [1.165, 1.54) is 0 Å². The lowest BCUT2D eigenvalue weighted by atomic mass is 10.0. The largest absolute Gasteiger partial charge is 0.493 e. The van der Waals surface area contributed by atoms with Gasteiger partial charge in [0.15, 0.2) is 11.5 Å². The molecule has 1 rings (SSSR count). The summed E-state index contributed by atoms with van der Waals surface area (Å²) in [5.74, 6) is 0.820. The Balaban J connectivity index is 0.00000324. The van der Waals surface area contributed by atoms with Gasteiger partial charge in [-0.05, 0) is 13.0 Å². The molecule has 0 saturated heterocycles. The summed E-state index contributed by atoms with van der Waals surface area (Å²) in [5, 5.41) is 0. The van der Waals surface area contributed by atoms with Crippen molar-refractivity contribution >= 4 is 18.4 Å². The predicted octanol–water partition coefficient (Wildman–Crippen LogP) is 2.08. The highest BCUT2D eigenvalue weighted by atomic mass is 35.5. The van der Waals surface area contributed by atoms with Gasteiger partial charge in [0.25, 0.3) is 0 Å². The number of carbonyl (C=O) groups excluding carboxylic acids is 1. The number of methoxy groups -OCH3 is 2. The first-order valence-corrected chi connectivity index (χ1v) is 5.76. The molecule has 1 atom stereocenters. The molecule has 0 amide bonds. The fourth-order valence-electron chi connectivity index (χ4n) is 1.71. The fraction of sp³-hybridized carbons (Fsp3) is 0.462. The summed E-state index contributed by atoms with van der Waals surface area (Å²) in [5.41, 5.74) is 6.72. The van der Waals surface area contributed by atoms with E-state index in [2.05, 4.69) is 0 Å². The van der Waals surface area contributed by atoms with Crippen molar-refractivity contribution < 1.29 is 19.0 Å². The van der Waals surface area contributed by atoms with Crippen molar-refractivity contribution in [1.82, 2.24) is 0 Å². The number of benzene rings is 1. The van der Waals surface area contributed by atoms with Crippen LogP contribution in [-0.2, 0) is 9.53 Å². The molecule has 0 aliphatic rings. The van der Waals surface area contributed by atoms with Crippen molar-refractivity contribution in [1.29, 1.82) is 0 Å². The summed E-state index contributed by atoms with van der Waals surface area (Å²) in [6.07, 6.45) is 0.108. The highest BCUT2D eigenvalue weighted by molar-refractivity contribution is 5.85. The molecule has 0 aromatic heterocycles. The van der Waals surface area contributed by atoms with Crippen LogP contribution in [0.15, 0.2) is 18.2 Å². The second-order valence-electron chi connectivity index (χ2n) is 3.70. The second kappa shape index (κ2) is 8.61. The first-order valence-electron chi connectivity index (χ1n) is 5.76. The van der Waals surface area contributed by atoms with Gasteiger partial charge in [0.1, 0.15) is 0 Å². The smallest absolute Gasteiger partial charge is 0.307 e. The first-order chi connectivity index (χ1) is 8.63. The minimum Gasteiger partial charge on any atom is -0.493 e. The Morgan fingerprint density at radius 1 is 1.32 bits per heavy atom. The van der Waals surface area contributed by atoms with Crippen molar-refractivity contribution in [3.8, 4) is 11.5 Å². The van der Waals surface area contributed by atoms with Gasteiger partial charge in [0.2, 0.25) is 0 Å². The van der Waals surface area contributed by atoms with Crippen molar-refractivity contribution in [3.63, 3.8) is 0 Å². The van der Waals surface area contributed by atoms with E-state index in [9.17, 15) is 4.79 Å². The zero-order valence-corrected chi connectivity index (χ0v) is 12.2. The van der Waals surface area contributed by atoms with Crippen LogP contribution in [-0.4, -0.2) is 26.8 Å². The van der Waals surface area contributed by atoms with Crippen LogP contribution in [0, 0.1) is 0 Å². The molecule has 0 saturated carbocycles. The van der Waals surface area contributed by atoms with Crippen LogP contribution in [0.25, 0.3) is 0 Å². The van der Waals surface area contributed by atoms with Crippen LogP contribution < -0.4 is 15.2 Å². The van der Waals surface area contributed by atoms with Gasteiger partial charge in [-0.25, -0.2) is 0 Å². The maximum atomic E-state index is 11.4. The molecule has 2 N–H and O–H groups in total. The van der Waals surface area contributed by atoms with E-state index < -0.39 is 6.04 Å². The number of hydrogen-bond donors (Lipinski definition) is 1. The van der Waals surface area contributed by atoms with Crippen LogP contribution in [0.5, 0.6) is 11.5 Å². The van der Waals surface area contributed by atoms with Crippen LogP contribution in [0.4, 0.5) is 0 Å².